The second kappa shape index (κ2) is 7.20. The number of nitrogens with zero attached hydrogens (tertiary/aromatic N) is 1. The van der Waals surface area contributed by atoms with Gasteiger partial charge in [0.15, 0.2) is 0 Å². The summed E-state index contributed by atoms with van der Waals surface area (Å²) in [6.45, 7) is 4.40. The highest BCUT2D eigenvalue weighted by atomic mass is 16.4. The van der Waals surface area contributed by atoms with Crippen LogP contribution in [0.3, 0.4) is 0 Å². The molecule has 2 unspecified atom stereocenters. The van der Waals surface area contributed by atoms with E-state index in [1.807, 2.05) is 4.90 Å². The van der Waals surface area contributed by atoms with E-state index in [0.717, 1.165) is 31.6 Å². The number of amides is 2. The van der Waals surface area contributed by atoms with Gasteiger partial charge >= 0.3 is 0 Å². The third-order valence-electron chi connectivity index (χ3n) is 5.61. The number of aliphatic hydroxyl groups is 1. The van der Waals surface area contributed by atoms with Gasteiger partial charge in [0.1, 0.15) is 11.4 Å². The van der Waals surface area contributed by atoms with Gasteiger partial charge in [0.05, 0.1) is 18.7 Å². The minimum absolute atomic E-state index is 0.0605. The predicted octanol–water partition coefficient (Wildman–Crippen LogP) is 2.03. The van der Waals surface area contributed by atoms with Crippen LogP contribution in [0.15, 0.2) is 22.8 Å². The summed E-state index contributed by atoms with van der Waals surface area (Å²) < 4.78 is 5.21. The summed E-state index contributed by atoms with van der Waals surface area (Å²) in [7, 11) is 0. The molecule has 2 atom stereocenters. The summed E-state index contributed by atoms with van der Waals surface area (Å²) >= 11 is 0. The lowest BCUT2D eigenvalue weighted by atomic mass is 9.87. The number of hydrogen-bond donors (Lipinski definition) is 2. The van der Waals surface area contributed by atoms with E-state index >= 15 is 0 Å². The third kappa shape index (κ3) is 4.06. The standard InChI is InChI=1S/C19H28N2O4/c1-13-5-7-15(8-6-13)21-11-14(10-17(21)22)18(23)20-12-19(2,24)16-4-3-9-25-16/h3-4,9,13-15,24H,5-8,10-12H2,1-2H3,(H,20,23). The smallest absolute Gasteiger partial charge is 0.225 e. The maximum atomic E-state index is 12.5. The van der Waals surface area contributed by atoms with Crippen molar-refractivity contribution in [3.05, 3.63) is 24.2 Å². The quantitative estimate of drug-likeness (QED) is 0.853. The number of nitrogens with one attached hydrogen (secondary N) is 1. The second-order valence-electron chi connectivity index (χ2n) is 7.83. The van der Waals surface area contributed by atoms with Gasteiger partial charge in [-0.25, -0.2) is 0 Å². The summed E-state index contributed by atoms with van der Waals surface area (Å²) in [6.07, 6.45) is 6.13. The first-order chi connectivity index (χ1) is 11.9. The van der Waals surface area contributed by atoms with Crippen molar-refractivity contribution in [3.63, 3.8) is 0 Å². The highest BCUT2D eigenvalue weighted by Gasteiger charge is 2.39. The Labute approximate surface area is 148 Å². The molecule has 2 N–H and O–H groups in total. The SMILES string of the molecule is CC1CCC(N2CC(C(=O)NCC(C)(O)c3ccco3)CC2=O)CC1. The van der Waals surface area contributed by atoms with Crippen LogP contribution in [0.4, 0.5) is 0 Å². The van der Waals surface area contributed by atoms with Crippen molar-refractivity contribution in [2.45, 2.75) is 57.6 Å². The molecular weight excluding hydrogens is 320 g/mol. The van der Waals surface area contributed by atoms with Crippen LogP contribution in [0, 0.1) is 11.8 Å². The fourth-order valence-corrected chi connectivity index (χ4v) is 3.89. The molecule has 0 spiro atoms. The minimum Gasteiger partial charge on any atom is -0.466 e. The molecule has 1 saturated carbocycles. The van der Waals surface area contributed by atoms with Gasteiger partial charge in [0, 0.05) is 19.0 Å². The molecule has 138 valence electrons. The Kier molecular flexibility index (Phi) is 5.18. The largest absolute Gasteiger partial charge is 0.466 e. The van der Waals surface area contributed by atoms with E-state index in [4.69, 9.17) is 4.42 Å². The monoisotopic (exact) mass is 348 g/mol. The molecule has 3 rings (SSSR count). The summed E-state index contributed by atoms with van der Waals surface area (Å²) in [5, 5.41) is 13.2. The van der Waals surface area contributed by atoms with Crippen LogP contribution in [-0.2, 0) is 15.2 Å². The fraction of sp³-hybridized carbons (Fsp3) is 0.684. The van der Waals surface area contributed by atoms with Crippen molar-refractivity contribution in [2.24, 2.45) is 11.8 Å². The maximum Gasteiger partial charge on any atom is 0.225 e. The van der Waals surface area contributed by atoms with Crippen LogP contribution in [0.25, 0.3) is 0 Å². The average Bonchev–Trinajstić information content (AvgIpc) is 3.24. The van der Waals surface area contributed by atoms with E-state index in [1.54, 1.807) is 19.1 Å². The number of carbonyl (C=O) groups excluding carboxylic acids is 2. The Balaban J connectivity index is 1.52. The van der Waals surface area contributed by atoms with Gasteiger partial charge in [0.2, 0.25) is 11.8 Å². The summed E-state index contributed by atoms with van der Waals surface area (Å²) in [4.78, 5) is 26.7. The number of likely N-dealkylation sites (tertiary alicyclic amines) is 1. The number of carbonyl (C=O) groups is 2. The summed E-state index contributed by atoms with van der Waals surface area (Å²) in [5.41, 5.74) is -1.26. The van der Waals surface area contributed by atoms with Crippen LogP contribution in [0.5, 0.6) is 0 Å². The first kappa shape index (κ1) is 18.0. The molecule has 2 fully saturated rings. The fourth-order valence-electron chi connectivity index (χ4n) is 3.89. The van der Waals surface area contributed by atoms with E-state index in [2.05, 4.69) is 12.2 Å². The molecule has 1 aliphatic heterocycles. The van der Waals surface area contributed by atoms with Crippen molar-refractivity contribution in [3.8, 4) is 0 Å². The van der Waals surface area contributed by atoms with Crippen LogP contribution in [0.2, 0.25) is 0 Å². The lowest BCUT2D eigenvalue weighted by molar-refractivity contribution is -0.131. The normalized spacial score (nSPS) is 29.5. The van der Waals surface area contributed by atoms with Crippen LogP contribution >= 0.6 is 0 Å². The van der Waals surface area contributed by atoms with E-state index in [0.29, 0.717) is 12.3 Å². The first-order valence-electron chi connectivity index (χ1n) is 9.20. The van der Waals surface area contributed by atoms with Gasteiger partial charge in [-0.15, -0.1) is 0 Å². The third-order valence-corrected chi connectivity index (χ3v) is 5.61. The molecule has 2 heterocycles. The average molecular weight is 348 g/mol. The Bertz CT molecular complexity index is 603. The Morgan fingerprint density at radius 1 is 1.40 bits per heavy atom. The predicted molar refractivity (Wildman–Crippen MR) is 92.5 cm³/mol. The molecule has 6 nitrogen and oxygen atoms in total. The zero-order chi connectivity index (χ0) is 18.0. The van der Waals surface area contributed by atoms with Gasteiger partial charge in [-0.2, -0.15) is 0 Å². The molecule has 6 heteroatoms. The molecule has 0 aromatic carbocycles. The molecule has 2 aliphatic rings. The van der Waals surface area contributed by atoms with Gasteiger partial charge in [-0.05, 0) is 50.7 Å². The maximum absolute atomic E-state index is 12.5. The topological polar surface area (TPSA) is 82.8 Å². The molecule has 0 radical (unpaired) electrons. The highest BCUT2D eigenvalue weighted by molar-refractivity contribution is 5.89. The van der Waals surface area contributed by atoms with Gasteiger partial charge in [-0.1, -0.05) is 6.92 Å². The highest BCUT2D eigenvalue weighted by Crippen LogP contribution is 2.31. The molecule has 1 aromatic rings. The summed E-state index contributed by atoms with van der Waals surface area (Å²) in [5.74, 6) is 0.716. The van der Waals surface area contributed by atoms with Crippen molar-refractivity contribution in [2.75, 3.05) is 13.1 Å². The molecule has 0 bridgehead atoms. The second-order valence-corrected chi connectivity index (χ2v) is 7.83. The van der Waals surface area contributed by atoms with E-state index in [1.165, 1.54) is 6.26 Å². The molecule has 1 aromatic heterocycles. The molecule has 1 aliphatic carbocycles. The zero-order valence-corrected chi connectivity index (χ0v) is 15.0. The van der Waals surface area contributed by atoms with Gasteiger partial charge in [-0.3, -0.25) is 9.59 Å². The van der Waals surface area contributed by atoms with Crippen LogP contribution in [-0.4, -0.2) is 41.0 Å². The Morgan fingerprint density at radius 2 is 2.12 bits per heavy atom. The first-order valence-corrected chi connectivity index (χ1v) is 9.20. The molecule has 2 amide bonds. The van der Waals surface area contributed by atoms with Crippen molar-refractivity contribution < 1.29 is 19.1 Å². The van der Waals surface area contributed by atoms with Crippen molar-refractivity contribution in [1.82, 2.24) is 10.2 Å². The lowest BCUT2D eigenvalue weighted by Gasteiger charge is -2.33. The van der Waals surface area contributed by atoms with Gasteiger partial charge in [0.25, 0.3) is 0 Å². The van der Waals surface area contributed by atoms with E-state index in [9.17, 15) is 14.7 Å². The van der Waals surface area contributed by atoms with Crippen LogP contribution in [0.1, 0.15) is 51.7 Å². The van der Waals surface area contributed by atoms with E-state index < -0.39 is 5.60 Å². The van der Waals surface area contributed by atoms with Crippen LogP contribution < -0.4 is 5.32 Å². The molecule has 25 heavy (non-hydrogen) atoms. The van der Waals surface area contributed by atoms with Gasteiger partial charge < -0.3 is 19.7 Å². The number of furan rings is 1. The van der Waals surface area contributed by atoms with Crippen molar-refractivity contribution in [1.29, 1.82) is 0 Å². The molecular formula is C19H28N2O4. The lowest BCUT2D eigenvalue weighted by Crippen LogP contribution is -2.43. The number of rotatable bonds is 5. The van der Waals surface area contributed by atoms with Crippen molar-refractivity contribution >= 4 is 11.8 Å². The Hall–Kier alpha value is -1.82. The minimum atomic E-state index is -1.26. The number of hydrogen-bond acceptors (Lipinski definition) is 4. The Morgan fingerprint density at radius 3 is 2.76 bits per heavy atom. The summed E-state index contributed by atoms with van der Waals surface area (Å²) in [6, 6.07) is 3.66. The molecule has 1 saturated heterocycles. The zero-order valence-electron chi connectivity index (χ0n) is 15.0. The van der Waals surface area contributed by atoms with E-state index in [-0.39, 0.29) is 36.7 Å².